The summed E-state index contributed by atoms with van der Waals surface area (Å²) in [5, 5.41) is 0. The molecular weight excluding hydrogens is 356 g/mol. The van der Waals surface area contributed by atoms with Crippen LogP contribution in [0.4, 0.5) is 8.78 Å². The van der Waals surface area contributed by atoms with Crippen molar-refractivity contribution in [1.82, 2.24) is 4.90 Å². The second-order valence-electron chi connectivity index (χ2n) is 6.70. The van der Waals surface area contributed by atoms with Gasteiger partial charge in [0.1, 0.15) is 0 Å². The van der Waals surface area contributed by atoms with Crippen LogP contribution in [0.25, 0.3) is 0 Å². The van der Waals surface area contributed by atoms with E-state index in [0.29, 0.717) is 0 Å². The monoisotopic (exact) mass is 373 g/mol. The minimum atomic E-state index is -3.74. The first-order valence-corrected chi connectivity index (χ1v) is 9.97. The lowest BCUT2D eigenvalue weighted by Gasteiger charge is -2.43. The zero-order valence-electron chi connectivity index (χ0n) is 13.3. The van der Waals surface area contributed by atoms with Crippen LogP contribution in [0, 0.1) is 5.92 Å². The van der Waals surface area contributed by atoms with E-state index in [9.17, 15) is 22.0 Å². The van der Waals surface area contributed by atoms with Crippen molar-refractivity contribution in [3.63, 3.8) is 0 Å². The number of nitrogens with zero attached hydrogens (tertiary/aromatic N) is 1. The normalized spacial score (nSPS) is 27.0. The molecule has 25 heavy (non-hydrogen) atoms. The Kier molecular flexibility index (Phi) is 3.68. The summed E-state index contributed by atoms with van der Waals surface area (Å²) in [6.45, 7) is 0.118. The zero-order chi connectivity index (χ0) is 17.8. The van der Waals surface area contributed by atoms with Crippen LogP contribution in [0.15, 0.2) is 18.2 Å². The predicted octanol–water partition coefficient (Wildman–Crippen LogP) is 2.05. The Morgan fingerprint density at radius 2 is 1.92 bits per heavy atom. The largest absolute Gasteiger partial charge is 0.586 e. The Balaban J connectivity index is 1.60. The molecule has 1 aromatic rings. The summed E-state index contributed by atoms with van der Waals surface area (Å²) in [4.78, 5) is 14.4. The van der Waals surface area contributed by atoms with Gasteiger partial charge in [-0.2, -0.15) is 0 Å². The lowest BCUT2D eigenvalue weighted by Crippen LogP contribution is -2.55. The molecule has 0 bridgehead atoms. The van der Waals surface area contributed by atoms with E-state index in [0.717, 1.165) is 19.3 Å². The molecule has 1 saturated carbocycles. The summed E-state index contributed by atoms with van der Waals surface area (Å²) in [6.07, 6.45) is -0.908. The first-order valence-electron chi connectivity index (χ1n) is 8.15. The topological polar surface area (TPSA) is 72.9 Å². The van der Waals surface area contributed by atoms with Crippen LogP contribution in [0.3, 0.4) is 0 Å². The van der Waals surface area contributed by atoms with Crippen LogP contribution in [0.5, 0.6) is 11.5 Å². The number of hydrogen-bond acceptors (Lipinski definition) is 5. The summed E-state index contributed by atoms with van der Waals surface area (Å²) in [5.74, 6) is -0.624. The Bertz CT molecular complexity index is 822. The van der Waals surface area contributed by atoms with Gasteiger partial charge in [0.05, 0.1) is 11.5 Å². The summed E-state index contributed by atoms with van der Waals surface area (Å²) in [6, 6.07) is 3.53. The molecule has 1 unspecified atom stereocenters. The number of carbonyl (C=O) groups is 1. The van der Waals surface area contributed by atoms with Crippen molar-refractivity contribution < 1.29 is 31.5 Å². The molecule has 2 heterocycles. The Hall–Kier alpha value is -1.90. The quantitative estimate of drug-likeness (QED) is 0.793. The van der Waals surface area contributed by atoms with Gasteiger partial charge in [0.15, 0.2) is 21.3 Å². The highest BCUT2D eigenvalue weighted by molar-refractivity contribution is 7.91. The van der Waals surface area contributed by atoms with Gasteiger partial charge >= 0.3 is 6.29 Å². The van der Waals surface area contributed by atoms with Crippen molar-refractivity contribution in [3.8, 4) is 11.5 Å². The maximum atomic E-state index is 13.1. The molecule has 6 nitrogen and oxygen atoms in total. The molecule has 9 heteroatoms. The van der Waals surface area contributed by atoms with E-state index in [1.54, 1.807) is 4.90 Å². The number of hydrogen-bond donors (Lipinski definition) is 0. The fourth-order valence-electron chi connectivity index (χ4n) is 3.55. The zero-order valence-corrected chi connectivity index (χ0v) is 14.1. The summed E-state index contributed by atoms with van der Waals surface area (Å²) in [5.41, 5.74) is 0.184. The number of rotatable bonds is 2. The van der Waals surface area contributed by atoms with Gasteiger partial charge in [0.25, 0.3) is 5.91 Å². The second kappa shape index (κ2) is 5.55. The van der Waals surface area contributed by atoms with Gasteiger partial charge in [-0.1, -0.05) is 6.42 Å². The number of amides is 1. The third-order valence-electron chi connectivity index (χ3n) is 5.07. The number of fused-ring (bicyclic) bond motifs is 1. The molecule has 0 aromatic heterocycles. The average molecular weight is 373 g/mol. The second-order valence-corrected chi connectivity index (χ2v) is 8.93. The van der Waals surface area contributed by atoms with Crippen molar-refractivity contribution in [2.75, 3.05) is 18.1 Å². The number of ether oxygens (including phenoxy) is 2. The molecule has 0 radical (unpaired) electrons. The standard InChI is InChI=1S/C16H17F2NO5S/c17-16(18)23-13-5-4-11(8-14(13)24-16)15(20)19-6-7-25(21,22)9-12(19)10-2-1-3-10/h4-5,8,10,12H,1-3,6-7,9H2. The molecule has 3 aliphatic rings. The van der Waals surface area contributed by atoms with Crippen LogP contribution in [0.1, 0.15) is 29.6 Å². The van der Waals surface area contributed by atoms with E-state index in [2.05, 4.69) is 9.47 Å². The lowest BCUT2D eigenvalue weighted by atomic mass is 9.79. The molecule has 1 atom stereocenters. The fourth-order valence-corrected chi connectivity index (χ4v) is 5.17. The highest BCUT2D eigenvalue weighted by Crippen LogP contribution is 2.42. The molecule has 1 saturated heterocycles. The molecule has 1 amide bonds. The van der Waals surface area contributed by atoms with Gasteiger partial charge in [-0.3, -0.25) is 4.79 Å². The first kappa shape index (κ1) is 16.6. The minimum Gasteiger partial charge on any atom is -0.395 e. The number of halogens is 2. The smallest absolute Gasteiger partial charge is 0.395 e. The van der Waals surface area contributed by atoms with Gasteiger partial charge in [-0.05, 0) is 37.0 Å². The third-order valence-corrected chi connectivity index (χ3v) is 6.73. The van der Waals surface area contributed by atoms with E-state index in [4.69, 9.17) is 0 Å². The Morgan fingerprint density at radius 3 is 2.60 bits per heavy atom. The van der Waals surface area contributed by atoms with Crippen molar-refractivity contribution in [2.45, 2.75) is 31.6 Å². The first-order chi connectivity index (χ1) is 11.7. The number of sulfone groups is 1. The van der Waals surface area contributed by atoms with Crippen LogP contribution < -0.4 is 9.47 Å². The molecule has 0 N–H and O–H groups in total. The van der Waals surface area contributed by atoms with E-state index in [-0.39, 0.29) is 53.0 Å². The maximum Gasteiger partial charge on any atom is 0.586 e. The highest BCUT2D eigenvalue weighted by Gasteiger charge is 2.44. The molecular formula is C16H17F2NO5S. The SMILES string of the molecule is O=C(c1ccc2c(c1)OC(F)(F)O2)N1CCS(=O)(=O)CC1C1CCC1. The van der Waals surface area contributed by atoms with Gasteiger partial charge in [0.2, 0.25) is 0 Å². The summed E-state index contributed by atoms with van der Waals surface area (Å²) in [7, 11) is -3.16. The molecule has 1 aliphatic carbocycles. The van der Waals surface area contributed by atoms with Gasteiger partial charge in [-0.25, -0.2) is 8.42 Å². The molecule has 2 fully saturated rings. The van der Waals surface area contributed by atoms with Crippen LogP contribution in [0.2, 0.25) is 0 Å². The molecule has 1 aromatic carbocycles. The van der Waals surface area contributed by atoms with Gasteiger partial charge in [-0.15, -0.1) is 8.78 Å². The third kappa shape index (κ3) is 3.05. The fraction of sp³-hybridized carbons (Fsp3) is 0.562. The van der Waals surface area contributed by atoms with Gasteiger partial charge in [0, 0.05) is 18.2 Å². The molecule has 136 valence electrons. The van der Waals surface area contributed by atoms with Crippen LogP contribution >= 0.6 is 0 Å². The van der Waals surface area contributed by atoms with E-state index in [1.807, 2.05) is 0 Å². The predicted molar refractivity (Wildman–Crippen MR) is 83.5 cm³/mol. The molecule has 4 rings (SSSR count). The Morgan fingerprint density at radius 1 is 1.20 bits per heavy atom. The van der Waals surface area contributed by atoms with Crippen LogP contribution in [-0.4, -0.2) is 49.6 Å². The van der Waals surface area contributed by atoms with Crippen molar-refractivity contribution >= 4 is 15.7 Å². The minimum absolute atomic E-state index is 0.0357. The highest BCUT2D eigenvalue weighted by atomic mass is 32.2. The number of carbonyl (C=O) groups excluding carboxylic acids is 1. The maximum absolute atomic E-state index is 13.1. The van der Waals surface area contributed by atoms with E-state index < -0.39 is 16.1 Å². The summed E-state index contributed by atoms with van der Waals surface area (Å²) >= 11 is 0. The van der Waals surface area contributed by atoms with Crippen LogP contribution in [-0.2, 0) is 9.84 Å². The van der Waals surface area contributed by atoms with Gasteiger partial charge < -0.3 is 14.4 Å². The number of benzene rings is 1. The van der Waals surface area contributed by atoms with Crippen molar-refractivity contribution in [3.05, 3.63) is 23.8 Å². The van der Waals surface area contributed by atoms with Crippen molar-refractivity contribution in [1.29, 1.82) is 0 Å². The Labute approximate surface area is 143 Å². The average Bonchev–Trinajstić information content (AvgIpc) is 2.77. The van der Waals surface area contributed by atoms with Crippen molar-refractivity contribution in [2.24, 2.45) is 5.92 Å². The lowest BCUT2D eigenvalue weighted by molar-refractivity contribution is -0.286. The van der Waals surface area contributed by atoms with E-state index in [1.165, 1.54) is 18.2 Å². The molecule has 2 aliphatic heterocycles. The number of alkyl halides is 2. The molecule has 0 spiro atoms. The summed E-state index contributed by atoms with van der Waals surface area (Å²) < 4.78 is 58.9. The van der Waals surface area contributed by atoms with E-state index >= 15 is 0 Å².